The minimum Gasteiger partial charge on any atom is -0.463 e. The molecule has 3 N–H and O–H groups in total. The van der Waals surface area contributed by atoms with Crippen molar-refractivity contribution in [1.29, 1.82) is 0 Å². The SMILES string of the molecule is CCOC(=O)/C=C/C(NC(=O)/C(C)=C/CN(C)C(=O)C(NC(=O)[C@@H](NC)C(C)(CC)c1ccccc1)C(C)(C)C)C(C)C. The summed E-state index contributed by atoms with van der Waals surface area (Å²) in [4.78, 5) is 53.5. The van der Waals surface area contributed by atoms with Gasteiger partial charge in [-0.05, 0) is 44.2 Å². The third-order valence-electron chi connectivity index (χ3n) is 7.90. The zero-order valence-corrected chi connectivity index (χ0v) is 28.0. The zero-order chi connectivity index (χ0) is 33.0. The van der Waals surface area contributed by atoms with E-state index in [0.717, 1.165) is 5.56 Å². The van der Waals surface area contributed by atoms with Crippen LogP contribution in [0.3, 0.4) is 0 Å². The van der Waals surface area contributed by atoms with E-state index >= 15 is 0 Å². The summed E-state index contributed by atoms with van der Waals surface area (Å²) in [7, 11) is 3.42. The first kappa shape index (κ1) is 37.6. The molecule has 0 bridgehead atoms. The average Bonchev–Trinajstić information content (AvgIpc) is 2.96. The Balaban J connectivity index is 3.06. The molecule has 0 saturated carbocycles. The van der Waals surface area contributed by atoms with Gasteiger partial charge in [0.1, 0.15) is 6.04 Å². The number of benzene rings is 1. The first-order chi connectivity index (χ1) is 20.0. The number of nitrogens with zero attached hydrogens (tertiary/aromatic N) is 1. The molecule has 9 heteroatoms. The van der Waals surface area contributed by atoms with E-state index in [-0.39, 0.29) is 42.8 Å². The Kier molecular flexibility index (Phi) is 14.8. The summed E-state index contributed by atoms with van der Waals surface area (Å²) in [6.07, 6.45) is 5.34. The van der Waals surface area contributed by atoms with Crippen molar-refractivity contribution in [3.63, 3.8) is 0 Å². The molecule has 1 rings (SSSR count). The summed E-state index contributed by atoms with van der Waals surface area (Å²) >= 11 is 0. The van der Waals surface area contributed by atoms with Crippen molar-refractivity contribution in [2.24, 2.45) is 11.3 Å². The van der Waals surface area contributed by atoms with Gasteiger partial charge in [0.2, 0.25) is 17.7 Å². The average molecular weight is 599 g/mol. The van der Waals surface area contributed by atoms with E-state index in [9.17, 15) is 19.2 Å². The molecular weight excluding hydrogens is 544 g/mol. The van der Waals surface area contributed by atoms with E-state index in [1.807, 2.05) is 65.0 Å². The first-order valence-electron chi connectivity index (χ1n) is 15.1. The van der Waals surface area contributed by atoms with Gasteiger partial charge in [-0.25, -0.2) is 4.79 Å². The molecule has 0 aliphatic rings. The van der Waals surface area contributed by atoms with Gasteiger partial charge in [0.15, 0.2) is 0 Å². The van der Waals surface area contributed by atoms with Crippen LogP contribution in [0.1, 0.15) is 74.3 Å². The number of hydrogen-bond acceptors (Lipinski definition) is 6. The Morgan fingerprint density at radius 1 is 0.977 bits per heavy atom. The van der Waals surface area contributed by atoms with Gasteiger partial charge in [0.05, 0.1) is 18.7 Å². The molecule has 3 unspecified atom stereocenters. The number of hydrogen-bond donors (Lipinski definition) is 3. The molecule has 1 aromatic carbocycles. The fourth-order valence-electron chi connectivity index (χ4n) is 4.76. The number of carbonyl (C=O) groups excluding carboxylic acids is 4. The Labute approximate surface area is 258 Å². The van der Waals surface area contributed by atoms with Crippen LogP contribution in [-0.4, -0.2) is 74.0 Å². The van der Waals surface area contributed by atoms with E-state index in [0.29, 0.717) is 12.0 Å². The molecule has 0 heterocycles. The highest BCUT2D eigenvalue weighted by atomic mass is 16.5. The van der Waals surface area contributed by atoms with Crippen LogP contribution in [0.5, 0.6) is 0 Å². The quantitative estimate of drug-likeness (QED) is 0.206. The molecule has 0 radical (unpaired) electrons. The molecule has 240 valence electrons. The standard InChI is InChI=1S/C34H54N4O5/c1-12-34(9,25-17-15-14-16-18-25)28(35-10)31(41)37-29(33(6,7)8)32(42)38(11)22-21-24(5)30(40)36-26(23(3)4)19-20-27(39)43-13-2/h14-21,23,26,28-29,35H,12-13,22H2,1-11H3,(H,36,40)(H,37,41)/b20-19+,24-21+/t26?,28-,29?,34?/m1/s1. The van der Waals surface area contributed by atoms with E-state index in [4.69, 9.17) is 4.74 Å². The molecule has 0 spiro atoms. The van der Waals surface area contributed by atoms with Crippen molar-refractivity contribution in [1.82, 2.24) is 20.9 Å². The number of carbonyl (C=O) groups is 4. The van der Waals surface area contributed by atoms with E-state index in [1.165, 1.54) is 11.0 Å². The largest absolute Gasteiger partial charge is 0.463 e. The van der Waals surface area contributed by atoms with Crippen molar-refractivity contribution in [3.05, 3.63) is 59.7 Å². The molecule has 1 aromatic rings. The maximum atomic E-state index is 13.7. The highest BCUT2D eigenvalue weighted by Crippen LogP contribution is 2.32. The zero-order valence-electron chi connectivity index (χ0n) is 28.0. The molecule has 0 aliphatic heterocycles. The minimum absolute atomic E-state index is 0.0423. The Hall–Kier alpha value is -3.46. The van der Waals surface area contributed by atoms with Crippen LogP contribution in [0.25, 0.3) is 0 Å². The second-order valence-corrected chi connectivity index (χ2v) is 12.6. The van der Waals surface area contributed by atoms with Crippen molar-refractivity contribution < 1.29 is 23.9 Å². The lowest BCUT2D eigenvalue weighted by atomic mass is 9.73. The van der Waals surface area contributed by atoms with Crippen molar-refractivity contribution in [2.75, 3.05) is 27.2 Å². The summed E-state index contributed by atoms with van der Waals surface area (Å²) in [5.74, 6) is -1.23. The molecule has 0 fully saturated rings. The molecule has 4 atom stereocenters. The Morgan fingerprint density at radius 3 is 2.07 bits per heavy atom. The van der Waals surface area contributed by atoms with Crippen LogP contribution in [0.15, 0.2) is 54.1 Å². The van der Waals surface area contributed by atoms with Crippen LogP contribution in [0.2, 0.25) is 0 Å². The van der Waals surface area contributed by atoms with Gasteiger partial charge < -0.3 is 25.6 Å². The van der Waals surface area contributed by atoms with Crippen molar-refractivity contribution in [3.8, 4) is 0 Å². The summed E-state index contributed by atoms with van der Waals surface area (Å²) in [6.45, 7) is 17.6. The Morgan fingerprint density at radius 2 is 1.58 bits per heavy atom. The smallest absolute Gasteiger partial charge is 0.330 e. The number of amides is 3. The molecule has 3 amide bonds. The highest BCUT2D eigenvalue weighted by Gasteiger charge is 2.42. The number of likely N-dealkylation sites (N-methyl/N-ethyl adjacent to an activating group) is 2. The second-order valence-electron chi connectivity index (χ2n) is 12.6. The third-order valence-corrected chi connectivity index (χ3v) is 7.90. The molecule has 9 nitrogen and oxygen atoms in total. The van der Waals surface area contributed by atoms with Crippen LogP contribution >= 0.6 is 0 Å². The molecule has 0 saturated heterocycles. The van der Waals surface area contributed by atoms with Gasteiger partial charge >= 0.3 is 5.97 Å². The molecule has 43 heavy (non-hydrogen) atoms. The number of esters is 1. The monoisotopic (exact) mass is 598 g/mol. The predicted molar refractivity (Wildman–Crippen MR) is 172 cm³/mol. The topological polar surface area (TPSA) is 117 Å². The maximum absolute atomic E-state index is 13.7. The van der Waals surface area contributed by atoms with Crippen LogP contribution in [-0.2, 0) is 29.3 Å². The van der Waals surface area contributed by atoms with Gasteiger partial charge in [-0.15, -0.1) is 0 Å². The Bertz CT molecular complexity index is 1140. The predicted octanol–water partition coefficient (Wildman–Crippen LogP) is 4.14. The highest BCUT2D eigenvalue weighted by molar-refractivity contribution is 5.94. The van der Waals surface area contributed by atoms with Gasteiger partial charge in [0.25, 0.3) is 0 Å². The van der Waals surface area contributed by atoms with Crippen LogP contribution in [0, 0.1) is 11.3 Å². The molecule has 0 aliphatic carbocycles. The fraction of sp³-hybridized carbons (Fsp3) is 0.588. The van der Waals surface area contributed by atoms with E-state index in [1.54, 1.807) is 40.1 Å². The summed E-state index contributed by atoms with van der Waals surface area (Å²) in [5.41, 5.74) is 0.408. The van der Waals surface area contributed by atoms with Crippen LogP contribution in [0.4, 0.5) is 0 Å². The number of ether oxygens (including phenoxy) is 1. The lowest BCUT2D eigenvalue weighted by Gasteiger charge is -2.39. The minimum atomic E-state index is -0.793. The lowest BCUT2D eigenvalue weighted by molar-refractivity contribution is -0.139. The van der Waals surface area contributed by atoms with E-state index < -0.39 is 28.9 Å². The lowest BCUT2D eigenvalue weighted by Crippen LogP contribution is -2.61. The van der Waals surface area contributed by atoms with Gasteiger partial charge in [-0.2, -0.15) is 0 Å². The summed E-state index contributed by atoms with van der Waals surface area (Å²) in [5, 5.41) is 9.16. The van der Waals surface area contributed by atoms with Crippen molar-refractivity contribution >= 4 is 23.7 Å². The molecular formula is C34H54N4O5. The van der Waals surface area contributed by atoms with Gasteiger partial charge in [0, 0.05) is 30.7 Å². The second kappa shape index (κ2) is 17.0. The first-order valence-corrected chi connectivity index (χ1v) is 15.1. The normalized spacial score (nSPS) is 15.8. The number of nitrogens with one attached hydrogen (secondary N) is 3. The fourth-order valence-corrected chi connectivity index (χ4v) is 4.76. The van der Waals surface area contributed by atoms with Gasteiger partial charge in [-0.1, -0.05) is 91.0 Å². The summed E-state index contributed by atoms with van der Waals surface area (Å²) < 4.78 is 4.92. The number of rotatable bonds is 15. The van der Waals surface area contributed by atoms with E-state index in [2.05, 4.69) is 29.8 Å². The summed E-state index contributed by atoms with van der Waals surface area (Å²) in [6, 6.07) is 8.18. The maximum Gasteiger partial charge on any atom is 0.330 e. The van der Waals surface area contributed by atoms with Crippen molar-refractivity contribution in [2.45, 2.75) is 92.3 Å². The van der Waals surface area contributed by atoms with Gasteiger partial charge in [-0.3, -0.25) is 14.4 Å². The third kappa shape index (κ3) is 11.0. The molecule has 0 aromatic heterocycles. The van der Waals surface area contributed by atoms with Crippen LogP contribution < -0.4 is 16.0 Å².